The lowest BCUT2D eigenvalue weighted by Crippen LogP contribution is -2.36. The SMILES string of the molecule is COc1ccccc1CN1CCC(C(C)O)CC1. The highest BCUT2D eigenvalue weighted by atomic mass is 16.5. The van der Waals surface area contributed by atoms with E-state index in [1.807, 2.05) is 19.1 Å². The van der Waals surface area contributed by atoms with Crippen LogP contribution < -0.4 is 4.74 Å². The molecule has 0 bridgehead atoms. The second-order valence-electron chi connectivity index (χ2n) is 5.17. The minimum absolute atomic E-state index is 0.168. The topological polar surface area (TPSA) is 32.7 Å². The molecular formula is C15H23NO2. The van der Waals surface area contributed by atoms with Crippen molar-refractivity contribution in [3.05, 3.63) is 29.8 Å². The Kier molecular flexibility index (Phi) is 4.61. The summed E-state index contributed by atoms with van der Waals surface area (Å²) in [6.07, 6.45) is 2.01. The van der Waals surface area contributed by atoms with Crippen molar-refractivity contribution in [1.82, 2.24) is 4.90 Å². The van der Waals surface area contributed by atoms with Crippen molar-refractivity contribution in [3.8, 4) is 5.75 Å². The predicted octanol–water partition coefficient (Wildman–Crippen LogP) is 2.29. The molecule has 1 aliphatic heterocycles. The molecule has 3 heteroatoms. The van der Waals surface area contributed by atoms with E-state index in [4.69, 9.17) is 4.74 Å². The molecule has 0 radical (unpaired) electrons. The Morgan fingerprint density at radius 1 is 1.33 bits per heavy atom. The number of rotatable bonds is 4. The Morgan fingerprint density at radius 3 is 2.61 bits per heavy atom. The van der Waals surface area contributed by atoms with Crippen LogP contribution in [0.25, 0.3) is 0 Å². The van der Waals surface area contributed by atoms with E-state index in [1.165, 1.54) is 5.56 Å². The number of methoxy groups -OCH3 is 1. The van der Waals surface area contributed by atoms with Gasteiger partial charge in [-0.05, 0) is 44.8 Å². The van der Waals surface area contributed by atoms with Crippen LogP contribution in [0.4, 0.5) is 0 Å². The maximum absolute atomic E-state index is 9.60. The zero-order chi connectivity index (χ0) is 13.0. The van der Waals surface area contributed by atoms with Crippen molar-refractivity contribution in [2.24, 2.45) is 5.92 Å². The first-order valence-electron chi connectivity index (χ1n) is 6.73. The Hall–Kier alpha value is -1.06. The second kappa shape index (κ2) is 6.21. The lowest BCUT2D eigenvalue weighted by atomic mass is 9.92. The van der Waals surface area contributed by atoms with E-state index in [1.54, 1.807) is 7.11 Å². The molecule has 100 valence electrons. The fourth-order valence-electron chi connectivity index (χ4n) is 2.67. The number of piperidine rings is 1. The fraction of sp³-hybridized carbons (Fsp3) is 0.600. The summed E-state index contributed by atoms with van der Waals surface area (Å²) in [5.74, 6) is 1.44. The third-order valence-corrected chi connectivity index (χ3v) is 3.90. The molecule has 1 N–H and O–H groups in total. The van der Waals surface area contributed by atoms with Crippen LogP contribution in [0.5, 0.6) is 5.75 Å². The van der Waals surface area contributed by atoms with Gasteiger partial charge in [-0.1, -0.05) is 18.2 Å². The first-order valence-corrected chi connectivity index (χ1v) is 6.73. The van der Waals surface area contributed by atoms with Crippen LogP contribution in [0.2, 0.25) is 0 Å². The van der Waals surface area contributed by atoms with Crippen LogP contribution in [0.3, 0.4) is 0 Å². The summed E-state index contributed by atoms with van der Waals surface area (Å²) in [5.41, 5.74) is 1.25. The molecule has 1 aromatic rings. The summed E-state index contributed by atoms with van der Waals surface area (Å²) >= 11 is 0. The van der Waals surface area contributed by atoms with Crippen LogP contribution in [-0.2, 0) is 6.54 Å². The molecule has 1 aromatic carbocycles. The van der Waals surface area contributed by atoms with Gasteiger partial charge in [0.1, 0.15) is 5.75 Å². The zero-order valence-electron chi connectivity index (χ0n) is 11.3. The number of benzene rings is 1. The molecule has 1 atom stereocenters. The maximum atomic E-state index is 9.60. The van der Waals surface area contributed by atoms with E-state index >= 15 is 0 Å². The van der Waals surface area contributed by atoms with Crippen molar-refractivity contribution >= 4 is 0 Å². The highest BCUT2D eigenvalue weighted by Crippen LogP contribution is 2.24. The Morgan fingerprint density at radius 2 is 2.00 bits per heavy atom. The van der Waals surface area contributed by atoms with Crippen molar-refractivity contribution in [2.75, 3.05) is 20.2 Å². The monoisotopic (exact) mass is 249 g/mol. The Bertz CT molecular complexity index is 371. The van der Waals surface area contributed by atoms with Crippen LogP contribution in [-0.4, -0.2) is 36.3 Å². The van der Waals surface area contributed by atoms with E-state index in [0.717, 1.165) is 38.2 Å². The van der Waals surface area contributed by atoms with E-state index < -0.39 is 0 Å². The van der Waals surface area contributed by atoms with E-state index in [2.05, 4.69) is 17.0 Å². The molecule has 0 saturated carbocycles. The Labute approximate surface area is 109 Å². The van der Waals surface area contributed by atoms with E-state index in [0.29, 0.717) is 5.92 Å². The number of hydrogen-bond donors (Lipinski definition) is 1. The molecule has 1 aliphatic rings. The highest BCUT2D eigenvalue weighted by molar-refractivity contribution is 5.33. The molecule has 2 rings (SSSR count). The van der Waals surface area contributed by atoms with Gasteiger partial charge in [-0.3, -0.25) is 4.90 Å². The molecule has 3 nitrogen and oxygen atoms in total. The quantitative estimate of drug-likeness (QED) is 0.888. The summed E-state index contributed by atoms with van der Waals surface area (Å²) in [6.45, 7) is 4.97. The first-order chi connectivity index (χ1) is 8.70. The van der Waals surface area contributed by atoms with E-state index in [9.17, 15) is 5.11 Å². The number of nitrogens with zero attached hydrogens (tertiary/aromatic N) is 1. The van der Waals surface area contributed by atoms with Crippen molar-refractivity contribution < 1.29 is 9.84 Å². The van der Waals surface area contributed by atoms with Gasteiger partial charge in [-0.15, -0.1) is 0 Å². The van der Waals surface area contributed by atoms with Gasteiger partial charge in [0.05, 0.1) is 13.2 Å². The van der Waals surface area contributed by atoms with Gasteiger partial charge in [0.25, 0.3) is 0 Å². The van der Waals surface area contributed by atoms with Gasteiger partial charge in [-0.25, -0.2) is 0 Å². The summed E-state index contributed by atoms with van der Waals surface area (Å²) in [7, 11) is 1.72. The third-order valence-electron chi connectivity index (χ3n) is 3.90. The maximum Gasteiger partial charge on any atom is 0.123 e. The molecule has 1 fully saturated rings. The number of hydrogen-bond acceptors (Lipinski definition) is 3. The average molecular weight is 249 g/mol. The number of para-hydroxylation sites is 1. The molecule has 0 amide bonds. The minimum atomic E-state index is -0.168. The zero-order valence-corrected chi connectivity index (χ0v) is 11.3. The molecule has 1 saturated heterocycles. The third kappa shape index (κ3) is 3.24. The summed E-state index contributed by atoms with van der Waals surface area (Å²) < 4.78 is 5.38. The van der Waals surface area contributed by atoms with Crippen LogP contribution in [0, 0.1) is 5.92 Å². The van der Waals surface area contributed by atoms with Crippen molar-refractivity contribution in [2.45, 2.75) is 32.4 Å². The molecule has 0 spiro atoms. The lowest BCUT2D eigenvalue weighted by Gasteiger charge is -2.33. The normalized spacial score (nSPS) is 19.7. The molecule has 18 heavy (non-hydrogen) atoms. The molecular weight excluding hydrogens is 226 g/mol. The second-order valence-corrected chi connectivity index (χ2v) is 5.17. The molecule has 0 aliphatic carbocycles. The summed E-state index contributed by atoms with van der Waals surface area (Å²) in [5, 5.41) is 9.60. The van der Waals surface area contributed by atoms with Crippen LogP contribution in [0.1, 0.15) is 25.3 Å². The average Bonchev–Trinajstić information content (AvgIpc) is 2.40. The van der Waals surface area contributed by atoms with Crippen LogP contribution >= 0.6 is 0 Å². The van der Waals surface area contributed by atoms with Crippen molar-refractivity contribution in [1.29, 1.82) is 0 Å². The van der Waals surface area contributed by atoms with E-state index in [-0.39, 0.29) is 6.10 Å². The predicted molar refractivity (Wildman–Crippen MR) is 72.7 cm³/mol. The van der Waals surface area contributed by atoms with Gasteiger partial charge in [0.2, 0.25) is 0 Å². The van der Waals surface area contributed by atoms with Crippen LogP contribution in [0.15, 0.2) is 24.3 Å². The Balaban J connectivity index is 1.91. The van der Waals surface area contributed by atoms with Gasteiger partial charge in [0, 0.05) is 12.1 Å². The standard InChI is InChI=1S/C15H23NO2/c1-12(17)13-7-9-16(10-8-13)11-14-5-3-4-6-15(14)18-2/h3-6,12-13,17H,7-11H2,1-2H3. The fourth-order valence-corrected chi connectivity index (χ4v) is 2.67. The largest absolute Gasteiger partial charge is 0.496 e. The number of aliphatic hydroxyl groups excluding tert-OH is 1. The van der Waals surface area contributed by atoms with Crippen molar-refractivity contribution in [3.63, 3.8) is 0 Å². The van der Waals surface area contributed by atoms with Gasteiger partial charge in [0.15, 0.2) is 0 Å². The lowest BCUT2D eigenvalue weighted by molar-refractivity contribution is 0.0693. The molecule has 1 heterocycles. The van der Waals surface area contributed by atoms with Gasteiger partial charge in [-0.2, -0.15) is 0 Å². The highest BCUT2D eigenvalue weighted by Gasteiger charge is 2.22. The number of aliphatic hydroxyl groups is 1. The summed E-state index contributed by atoms with van der Waals surface area (Å²) in [6, 6.07) is 8.19. The van der Waals surface area contributed by atoms with Gasteiger partial charge >= 0.3 is 0 Å². The molecule has 1 unspecified atom stereocenters. The molecule has 0 aromatic heterocycles. The smallest absolute Gasteiger partial charge is 0.123 e. The minimum Gasteiger partial charge on any atom is -0.496 e. The summed E-state index contributed by atoms with van der Waals surface area (Å²) in [4.78, 5) is 2.44. The number of ether oxygens (including phenoxy) is 1. The number of likely N-dealkylation sites (tertiary alicyclic amines) is 1. The van der Waals surface area contributed by atoms with Gasteiger partial charge < -0.3 is 9.84 Å². The first kappa shape index (κ1) is 13.4.